The lowest BCUT2D eigenvalue weighted by molar-refractivity contribution is 0.209. The number of hydrogen-bond acceptors (Lipinski definition) is 4. The molecule has 2 aromatic rings. The van der Waals surface area contributed by atoms with Gasteiger partial charge >= 0.3 is 0 Å². The van der Waals surface area contributed by atoms with Crippen LogP contribution in [0.5, 0.6) is 0 Å². The first kappa shape index (κ1) is 14.8. The molecule has 0 radical (unpaired) electrons. The van der Waals surface area contributed by atoms with E-state index in [1.807, 2.05) is 14.0 Å². The van der Waals surface area contributed by atoms with Crippen LogP contribution in [-0.2, 0) is 7.05 Å². The number of rotatable bonds is 2. The van der Waals surface area contributed by atoms with E-state index in [-0.39, 0.29) is 0 Å². The normalized spacial score (nSPS) is 17.1. The quantitative estimate of drug-likeness (QED) is 0.833. The molecule has 1 fully saturated rings. The molecule has 114 valence electrons. The summed E-state index contributed by atoms with van der Waals surface area (Å²) in [6.07, 6.45) is 2.06. The van der Waals surface area contributed by atoms with Gasteiger partial charge in [0.1, 0.15) is 17.3 Å². The summed E-state index contributed by atoms with van der Waals surface area (Å²) >= 11 is 3.66. The van der Waals surface area contributed by atoms with Gasteiger partial charge in [-0.2, -0.15) is 0 Å². The number of nitrogens with zero attached hydrogens (tertiary/aromatic N) is 5. The van der Waals surface area contributed by atoms with Gasteiger partial charge in [-0.15, -0.1) is 0 Å². The van der Waals surface area contributed by atoms with E-state index in [9.17, 15) is 0 Å². The van der Waals surface area contributed by atoms with Crippen molar-refractivity contribution in [1.29, 1.82) is 0 Å². The van der Waals surface area contributed by atoms with Crippen molar-refractivity contribution in [2.45, 2.75) is 26.8 Å². The number of aryl methyl sites for hydroxylation is 2. The molecule has 6 heteroatoms. The number of aromatic nitrogens is 3. The molecular weight excluding hydrogens is 330 g/mol. The maximum atomic E-state index is 4.72. The first-order valence-electron chi connectivity index (χ1n) is 7.45. The summed E-state index contributed by atoms with van der Waals surface area (Å²) in [6.45, 7) is 10.7. The van der Waals surface area contributed by atoms with Crippen molar-refractivity contribution < 1.29 is 0 Å². The molecule has 2 aromatic heterocycles. The molecule has 5 nitrogen and oxygen atoms in total. The maximum absolute atomic E-state index is 4.72. The first-order chi connectivity index (χ1) is 9.97. The molecule has 0 spiro atoms. The number of fused-ring (bicyclic) bond motifs is 1. The second-order valence-electron chi connectivity index (χ2n) is 6.00. The Labute approximate surface area is 134 Å². The minimum absolute atomic E-state index is 0.614. The number of hydrogen-bond donors (Lipinski definition) is 0. The van der Waals surface area contributed by atoms with E-state index in [0.29, 0.717) is 6.04 Å². The van der Waals surface area contributed by atoms with Crippen LogP contribution in [-0.4, -0.2) is 51.7 Å². The van der Waals surface area contributed by atoms with Gasteiger partial charge in [-0.05, 0) is 36.7 Å². The predicted octanol–water partition coefficient (Wildman–Crippen LogP) is 2.57. The van der Waals surface area contributed by atoms with Crippen LogP contribution >= 0.6 is 15.9 Å². The van der Waals surface area contributed by atoms with Gasteiger partial charge in [0.2, 0.25) is 0 Å². The fourth-order valence-corrected chi connectivity index (χ4v) is 3.65. The number of anilines is 1. The Morgan fingerprint density at radius 2 is 1.81 bits per heavy atom. The van der Waals surface area contributed by atoms with Gasteiger partial charge in [-0.3, -0.25) is 4.90 Å². The zero-order chi connectivity index (χ0) is 15.1. The summed E-state index contributed by atoms with van der Waals surface area (Å²) < 4.78 is 3.13. The van der Waals surface area contributed by atoms with Gasteiger partial charge in [-0.1, -0.05) is 0 Å². The molecule has 21 heavy (non-hydrogen) atoms. The van der Waals surface area contributed by atoms with Crippen molar-refractivity contribution in [3.63, 3.8) is 0 Å². The van der Waals surface area contributed by atoms with E-state index in [0.717, 1.165) is 53.3 Å². The van der Waals surface area contributed by atoms with Crippen LogP contribution in [0.3, 0.4) is 0 Å². The van der Waals surface area contributed by atoms with Gasteiger partial charge in [0, 0.05) is 49.9 Å². The van der Waals surface area contributed by atoms with Crippen LogP contribution in [0.1, 0.15) is 19.7 Å². The highest BCUT2D eigenvalue weighted by atomic mass is 79.9. The van der Waals surface area contributed by atoms with Gasteiger partial charge in [0.15, 0.2) is 0 Å². The summed E-state index contributed by atoms with van der Waals surface area (Å²) in [4.78, 5) is 14.2. The Morgan fingerprint density at radius 3 is 2.43 bits per heavy atom. The van der Waals surface area contributed by atoms with Crippen LogP contribution in [0.15, 0.2) is 10.7 Å². The van der Waals surface area contributed by atoms with Crippen molar-refractivity contribution in [3.05, 3.63) is 16.5 Å². The van der Waals surface area contributed by atoms with Gasteiger partial charge < -0.3 is 9.47 Å². The van der Waals surface area contributed by atoms with Crippen LogP contribution in [0.25, 0.3) is 11.0 Å². The summed E-state index contributed by atoms with van der Waals surface area (Å²) in [6, 6.07) is 0.614. The van der Waals surface area contributed by atoms with E-state index in [2.05, 4.69) is 55.3 Å². The molecule has 0 unspecified atom stereocenters. The Hall–Kier alpha value is -1.14. The molecule has 0 bridgehead atoms. The zero-order valence-electron chi connectivity index (χ0n) is 13.1. The van der Waals surface area contributed by atoms with Crippen LogP contribution < -0.4 is 4.90 Å². The van der Waals surface area contributed by atoms with Crippen molar-refractivity contribution in [2.75, 3.05) is 31.1 Å². The Kier molecular flexibility index (Phi) is 3.92. The van der Waals surface area contributed by atoms with Crippen molar-refractivity contribution in [3.8, 4) is 0 Å². The Morgan fingerprint density at radius 1 is 1.14 bits per heavy atom. The first-order valence-corrected chi connectivity index (χ1v) is 8.25. The molecule has 0 aliphatic carbocycles. The smallest absolute Gasteiger partial charge is 0.146 e. The summed E-state index contributed by atoms with van der Waals surface area (Å²) in [5.41, 5.74) is 0.996. The summed E-state index contributed by atoms with van der Waals surface area (Å²) in [5, 5.41) is 1.13. The van der Waals surface area contributed by atoms with Crippen molar-refractivity contribution in [2.24, 2.45) is 7.05 Å². The molecule has 0 N–H and O–H groups in total. The monoisotopic (exact) mass is 351 g/mol. The average Bonchev–Trinajstić information content (AvgIpc) is 2.73. The average molecular weight is 352 g/mol. The lowest BCUT2D eigenvalue weighted by atomic mass is 10.2. The number of halogens is 1. The molecule has 0 amide bonds. The molecule has 1 aliphatic rings. The highest BCUT2D eigenvalue weighted by Crippen LogP contribution is 2.32. The molecule has 1 saturated heterocycles. The third-order valence-corrected chi connectivity index (χ3v) is 4.81. The van der Waals surface area contributed by atoms with Gasteiger partial charge in [-0.25, -0.2) is 9.97 Å². The predicted molar refractivity (Wildman–Crippen MR) is 89.9 cm³/mol. The summed E-state index contributed by atoms with van der Waals surface area (Å²) in [5.74, 6) is 1.89. The third kappa shape index (κ3) is 2.66. The van der Waals surface area contributed by atoms with E-state index >= 15 is 0 Å². The van der Waals surface area contributed by atoms with E-state index < -0.39 is 0 Å². The minimum atomic E-state index is 0.614. The topological polar surface area (TPSA) is 37.2 Å². The van der Waals surface area contributed by atoms with Crippen molar-refractivity contribution in [1.82, 2.24) is 19.4 Å². The fraction of sp³-hybridized carbons (Fsp3) is 0.600. The maximum Gasteiger partial charge on any atom is 0.146 e. The molecular formula is C15H22BrN5. The molecule has 0 saturated carbocycles. The lowest BCUT2D eigenvalue weighted by Gasteiger charge is -2.37. The highest BCUT2D eigenvalue weighted by molar-refractivity contribution is 9.10. The van der Waals surface area contributed by atoms with Gasteiger partial charge in [0.25, 0.3) is 0 Å². The second-order valence-corrected chi connectivity index (χ2v) is 6.85. The standard InChI is InChI=1S/C15H22BrN5/c1-10(2)20-5-7-21(8-6-20)15-13-12(16)9-19(4)14(13)17-11(3)18-15/h9-10H,5-8H2,1-4H3. The van der Waals surface area contributed by atoms with E-state index in [1.54, 1.807) is 0 Å². The zero-order valence-corrected chi connectivity index (χ0v) is 14.7. The molecule has 3 heterocycles. The third-order valence-electron chi connectivity index (χ3n) is 4.21. The fourth-order valence-electron chi connectivity index (χ4n) is 2.99. The number of piperazine rings is 1. The second kappa shape index (κ2) is 5.57. The Bertz CT molecular complexity index is 656. The Balaban J connectivity index is 1.98. The largest absolute Gasteiger partial charge is 0.353 e. The van der Waals surface area contributed by atoms with Gasteiger partial charge in [0.05, 0.1) is 5.39 Å². The molecule has 0 atom stereocenters. The van der Waals surface area contributed by atoms with Crippen molar-refractivity contribution >= 4 is 32.8 Å². The summed E-state index contributed by atoms with van der Waals surface area (Å²) in [7, 11) is 2.03. The van der Waals surface area contributed by atoms with Crippen LogP contribution in [0.4, 0.5) is 5.82 Å². The van der Waals surface area contributed by atoms with Crippen LogP contribution in [0.2, 0.25) is 0 Å². The molecule has 3 rings (SSSR count). The highest BCUT2D eigenvalue weighted by Gasteiger charge is 2.23. The van der Waals surface area contributed by atoms with Crippen LogP contribution in [0, 0.1) is 6.92 Å². The lowest BCUT2D eigenvalue weighted by Crippen LogP contribution is -2.49. The SMILES string of the molecule is Cc1nc(N2CCN(C(C)C)CC2)c2c(Br)cn(C)c2n1. The minimum Gasteiger partial charge on any atom is -0.353 e. The molecule has 0 aromatic carbocycles. The van der Waals surface area contributed by atoms with E-state index in [4.69, 9.17) is 4.98 Å². The molecule has 1 aliphatic heterocycles. The van der Waals surface area contributed by atoms with E-state index in [1.165, 1.54) is 0 Å².